The van der Waals surface area contributed by atoms with Crippen molar-refractivity contribution in [3.8, 4) is 21.6 Å². The number of fused-ring (bicyclic) bond motifs is 6. The van der Waals surface area contributed by atoms with E-state index in [1.54, 1.807) is 36.9 Å². The molecule has 0 spiro atoms. The summed E-state index contributed by atoms with van der Waals surface area (Å²) in [5, 5.41) is 6.62. The van der Waals surface area contributed by atoms with Gasteiger partial charge in [-0.25, -0.2) is 0 Å². The third-order valence-corrected chi connectivity index (χ3v) is 9.45. The fourth-order valence-corrected chi connectivity index (χ4v) is 7.07. The van der Waals surface area contributed by atoms with Gasteiger partial charge in [0.05, 0.1) is 27.4 Å². The van der Waals surface area contributed by atoms with E-state index in [9.17, 15) is 0 Å². The summed E-state index contributed by atoms with van der Waals surface area (Å²) in [5.41, 5.74) is 0. The molecule has 0 aliphatic carbocycles. The minimum Gasteiger partial charge on any atom is -0.490 e. The predicted octanol–water partition coefficient (Wildman–Crippen LogP) is 10.8. The Labute approximate surface area is 236 Å². The number of ether oxygens (including phenoxy) is 4. The molecular weight excluding hydrogens is 512 g/mol. The quantitative estimate of drug-likeness (QED) is 0.114. The van der Waals surface area contributed by atoms with Gasteiger partial charge in [-0.05, 0) is 25.0 Å². The highest BCUT2D eigenvalue weighted by molar-refractivity contribution is 7.24. The monoisotopic (exact) mass is 556 g/mol. The molecule has 0 atom stereocenters. The highest BCUT2D eigenvalue weighted by Crippen LogP contribution is 2.49. The predicted molar refractivity (Wildman–Crippen MR) is 166 cm³/mol. The van der Waals surface area contributed by atoms with E-state index in [0.29, 0.717) is 0 Å². The molecule has 4 rings (SSSR count). The average molecular weight is 557 g/mol. The number of hydrogen-bond donors (Lipinski definition) is 0. The van der Waals surface area contributed by atoms with Crippen molar-refractivity contribution in [1.82, 2.24) is 0 Å². The largest absolute Gasteiger partial charge is 0.490 e. The van der Waals surface area contributed by atoms with Crippen LogP contribution in [0.5, 0.6) is 21.6 Å². The maximum Gasteiger partial charge on any atom is 0.174 e. The lowest BCUT2D eigenvalue weighted by Gasteiger charge is -2.15. The highest BCUT2D eigenvalue weighted by atomic mass is 32.1. The zero-order chi connectivity index (χ0) is 26.7. The minimum atomic E-state index is 0.719. The third-order valence-electron chi connectivity index (χ3n) is 7.20. The average Bonchev–Trinajstić information content (AvgIpc) is 3.57. The number of hydrogen-bond acceptors (Lipinski definition) is 6. The molecule has 0 aliphatic rings. The number of rotatable bonds is 18. The summed E-state index contributed by atoms with van der Waals surface area (Å²) in [6.07, 6.45) is 15.0. The summed E-state index contributed by atoms with van der Waals surface area (Å²) in [6.45, 7) is 5.96. The molecule has 0 saturated carbocycles. The summed E-state index contributed by atoms with van der Waals surface area (Å²) in [7, 11) is 3.48. The van der Waals surface area contributed by atoms with Crippen molar-refractivity contribution in [1.29, 1.82) is 0 Å². The molecule has 2 aromatic carbocycles. The van der Waals surface area contributed by atoms with Crippen LogP contribution in [0.25, 0.3) is 30.9 Å². The molecule has 38 heavy (non-hydrogen) atoms. The van der Waals surface area contributed by atoms with Gasteiger partial charge in [0.2, 0.25) is 0 Å². The van der Waals surface area contributed by atoms with Crippen LogP contribution in [-0.2, 0) is 0 Å². The zero-order valence-corrected chi connectivity index (χ0v) is 25.3. The maximum atomic E-state index is 6.41. The van der Waals surface area contributed by atoms with Gasteiger partial charge in [0.15, 0.2) is 21.6 Å². The Bertz CT molecular complexity index is 1190. The summed E-state index contributed by atoms with van der Waals surface area (Å²) in [6, 6.07) is 8.70. The van der Waals surface area contributed by atoms with E-state index < -0.39 is 0 Å². The smallest absolute Gasteiger partial charge is 0.174 e. The van der Waals surface area contributed by atoms with E-state index in [-0.39, 0.29) is 0 Å². The van der Waals surface area contributed by atoms with E-state index in [1.807, 2.05) is 0 Å². The second kappa shape index (κ2) is 14.8. The number of methoxy groups -OCH3 is 2. The van der Waals surface area contributed by atoms with Crippen molar-refractivity contribution in [3.05, 3.63) is 24.3 Å². The zero-order valence-electron chi connectivity index (χ0n) is 23.7. The van der Waals surface area contributed by atoms with Gasteiger partial charge in [0.25, 0.3) is 0 Å². The van der Waals surface area contributed by atoms with E-state index in [2.05, 4.69) is 38.1 Å². The molecule has 0 unspecified atom stereocenters. The molecule has 4 aromatic rings. The summed E-state index contributed by atoms with van der Waals surface area (Å²) in [4.78, 5) is 0. The van der Waals surface area contributed by atoms with Crippen LogP contribution in [0, 0.1) is 0 Å². The minimum absolute atomic E-state index is 0.719. The Kier molecular flexibility index (Phi) is 11.2. The lowest BCUT2D eigenvalue weighted by molar-refractivity contribution is 0.259. The van der Waals surface area contributed by atoms with Crippen molar-refractivity contribution in [2.45, 2.75) is 90.9 Å². The van der Waals surface area contributed by atoms with E-state index >= 15 is 0 Å². The molecule has 0 radical (unpaired) electrons. The SMILES string of the molecule is CCCCCCCCOc1cc2c(cc1OCCCCCCCC)c1sc(OC)cc1c1cc(OC)sc12. The van der Waals surface area contributed by atoms with Crippen LogP contribution in [-0.4, -0.2) is 27.4 Å². The third kappa shape index (κ3) is 7.06. The molecular formula is C32H44O4S2. The maximum absolute atomic E-state index is 6.41. The van der Waals surface area contributed by atoms with Crippen LogP contribution in [0.2, 0.25) is 0 Å². The first-order valence-electron chi connectivity index (χ1n) is 14.5. The van der Waals surface area contributed by atoms with E-state index in [0.717, 1.165) is 47.7 Å². The second-order valence-corrected chi connectivity index (χ2v) is 12.1. The van der Waals surface area contributed by atoms with E-state index in [4.69, 9.17) is 18.9 Å². The van der Waals surface area contributed by atoms with Crippen LogP contribution in [0.4, 0.5) is 0 Å². The normalized spacial score (nSPS) is 11.6. The lowest BCUT2D eigenvalue weighted by atomic mass is 10.0. The van der Waals surface area contributed by atoms with E-state index in [1.165, 1.54) is 95.2 Å². The summed E-state index contributed by atoms with van der Waals surface area (Å²) in [5.74, 6) is 1.71. The topological polar surface area (TPSA) is 36.9 Å². The molecule has 0 bridgehead atoms. The van der Waals surface area contributed by atoms with Crippen LogP contribution < -0.4 is 18.9 Å². The Morgan fingerprint density at radius 2 is 0.868 bits per heavy atom. The Morgan fingerprint density at radius 3 is 1.26 bits per heavy atom. The van der Waals surface area contributed by atoms with Gasteiger partial charge in [-0.15, -0.1) is 0 Å². The van der Waals surface area contributed by atoms with Crippen molar-refractivity contribution in [2.75, 3.05) is 27.4 Å². The van der Waals surface area contributed by atoms with Gasteiger partial charge in [0, 0.05) is 43.1 Å². The Morgan fingerprint density at radius 1 is 0.500 bits per heavy atom. The van der Waals surface area contributed by atoms with Crippen molar-refractivity contribution < 1.29 is 18.9 Å². The van der Waals surface area contributed by atoms with Gasteiger partial charge in [-0.3, -0.25) is 0 Å². The molecule has 0 saturated heterocycles. The molecule has 0 N–H and O–H groups in total. The standard InChI is InChI=1S/C32H44O4S2/c1-5-7-9-11-13-15-17-35-27-19-23-24(20-28(27)36-18-16-14-12-10-8-6-2)32-26(22-30(34-4)38-32)25-21-29(33-3)37-31(23)25/h19-22H,5-18H2,1-4H3. The van der Waals surface area contributed by atoms with Crippen molar-refractivity contribution in [3.63, 3.8) is 0 Å². The first-order valence-corrected chi connectivity index (χ1v) is 16.1. The fraction of sp³-hybridized carbons (Fsp3) is 0.562. The number of unbranched alkanes of at least 4 members (excludes halogenated alkanes) is 10. The van der Waals surface area contributed by atoms with Gasteiger partial charge >= 0.3 is 0 Å². The lowest BCUT2D eigenvalue weighted by Crippen LogP contribution is -2.03. The molecule has 2 aromatic heterocycles. The molecule has 0 fully saturated rings. The van der Waals surface area contributed by atoms with Crippen molar-refractivity contribution in [2.24, 2.45) is 0 Å². The van der Waals surface area contributed by atoms with Crippen LogP contribution >= 0.6 is 22.7 Å². The molecule has 0 aliphatic heterocycles. The van der Waals surface area contributed by atoms with Crippen molar-refractivity contribution >= 4 is 53.6 Å². The van der Waals surface area contributed by atoms with Gasteiger partial charge < -0.3 is 18.9 Å². The molecule has 0 amide bonds. The summed E-state index contributed by atoms with van der Waals surface area (Å²) < 4.78 is 26.5. The first-order chi connectivity index (χ1) is 18.7. The Hall–Kier alpha value is -2.18. The number of benzene rings is 2. The number of thiophene rings is 2. The van der Waals surface area contributed by atoms with Gasteiger partial charge in [-0.1, -0.05) is 101 Å². The van der Waals surface area contributed by atoms with Gasteiger partial charge in [-0.2, -0.15) is 0 Å². The highest BCUT2D eigenvalue weighted by Gasteiger charge is 2.19. The van der Waals surface area contributed by atoms with Crippen LogP contribution in [0.3, 0.4) is 0 Å². The first kappa shape index (κ1) is 28.8. The van der Waals surface area contributed by atoms with Crippen LogP contribution in [0.15, 0.2) is 24.3 Å². The fourth-order valence-electron chi connectivity index (χ4n) is 5.03. The van der Waals surface area contributed by atoms with Crippen LogP contribution in [0.1, 0.15) is 90.9 Å². The van der Waals surface area contributed by atoms with Gasteiger partial charge in [0.1, 0.15) is 0 Å². The second-order valence-electron chi connectivity index (χ2n) is 10.1. The molecule has 6 heteroatoms. The molecule has 2 heterocycles. The molecule has 4 nitrogen and oxygen atoms in total. The Balaban J connectivity index is 1.63. The summed E-state index contributed by atoms with van der Waals surface area (Å²) >= 11 is 3.38. The molecule has 208 valence electrons.